The van der Waals surface area contributed by atoms with Gasteiger partial charge in [-0.1, -0.05) is 6.07 Å². The van der Waals surface area contributed by atoms with Crippen molar-refractivity contribution < 1.29 is 14.3 Å². The largest absolute Gasteiger partial charge is 0.486 e. The number of hydrogen-bond acceptors (Lipinski definition) is 4. The van der Waals surface area contributed by atoms with E-state index in [1.807, 2.05) is 12.1 Å². The SMILES string of the molecule is Cl.NC1CCC(C(=O)NC(c2ccc3c(c2)OCCO3)C2CC2)C1. The van der Waals surface area contributed by atoms with E-state index in [4.69, 9.17) is 15.2 Å². The maximum atomic E-state index is 12.6. The minimum atomic E-state index is 0. The van der Waals surface area contributed by atoms with Crippen molar-refractivity contribution in [2.24, 2.45) is 17.6 Å². The zero-order valence-electron chi connectivity index (χ0n) is 13.7. The molecule has 0 saturated heterocycles. The minimum Gasteiger partial charge on any atom is -0.486 e. The smallest absolute Gasteiger partial charge is 0.223 e. The van der Waals surface area contributed by atoms with Crippen molar-refractivity contribution >= 4 is 18.3 Å². The molecule has 3 atom stereocenters. The lowest BCUT2D eigenvalue weighted by Crippen LogP contribution is -2.34. The Kier molecular flexibility index (Phi) is 5.21. The second-order valence-electron chi connectivity index (χ2n) is 7.00. The highest BCUT2D eigenvalue weighted by atomic mass is 35.5. The van der Waals surface area contributed by atoms with Crippen LogP contribution in [-0.4, -0.2) is 25.2 Å². The van der Waals surface area contributed by atoms with Gasteiger partial charge in [-0.2, -0.15) is 0 Å². The maximum absolute atomic E-state index is 12.6. The molecule has 132 valence electrons. The number of amides is 1. The first-order chi connectivity index (χ1) is 11.2. The summed E-state index contributed by atoms with van der Waals surface area (Å²) in [6.45, 7) is 1.17. The van der Waals surface area contributed by atoms with E-state index in [0.29, 0.717) is 19.1 Å². The Morgan fingerprint density at radius 3 is 2.54 bits per heavy atom. The number of carbonyl (C=O) groups is 1. The Morgan fingerprint density at radius 1 is 1.12 bits per heavy atom. The van der Waals surface area contributed by atoms with Gasteiger partial charge in [0.25, 0.3) is 0 Å². The monoisotopic (exact) mass is 352 g/mol. The van der Waals surface area contributed by atoms with Crippen LogP contribution in [0.1, 0.15) is 43.7 Å². The van der Waals surface area contributed by atoms with E-state index in [9.17, 15) is 4.79 Å². The number of carbonyl (C=O) groups excluding carboxylic acids is 1. The van der Waals surface area contributed by atoms with Gasteiger partial charge in [0.15, 0.2) is 11.5 Å². The van der Waals surface area contributed by atoms with Crippen molar-refractivity contribution in [3.8, 4) is 11.5 Å². The Morgan fingerprint density at radius 2 is 1.88 bits per heavy atom. The van der Waals surface area contributed by atoms with Crippen molar-refractivity contribution in [1.29, 1.82) is 0 Å². The van der Waals surface area contributed by atoms with Gasteiger partial charge in [-0.3, -0.25) is 4.79 Å². The van der Waals surface area contributed by atoms with Crippen LogP contribution in [0.5, 0.6) is 11.5 Å². The molecule has 0 aromatic heterocycles. The molecule has 3 aliphatic rings. The van der Waals surface area contributed by atoms with Crippen LogP contribution in [0.25, 0.3) is 0 Å². The fraction of sp³-hybridized carbons (Fsp3) is 0.611. The average Bonchev–Trinajstić information content (AvgIpc) is 3.32. The first kappa shape index (κ1) is 17.4. The summed E-state index contributed by atoms with van der Waals surface area (Å²) in [6.07, 6.45) is 5.01. The number of benzene rings is 1. The third kappa shape index (κ3) is 3.62. The van der Waals surface area contributed by atoms with Gasteiger partial charge < -0.3 is 20.5 Å². The molecule has 1 aromatic rings. The summed E-state index contributed by atoms with van der Waals surface area (Å²) in [5, 5.41) is 3.27. The van der Waals surface area contributed by atoms with Crippen LogP contribution in [0.4, 0.5) is 0 Å². The molecule has 5 nitrogen and oxygen atoms in total. The molecule has 2 aliphatic carbocycles. The molecule has 1 aliphatic heterocycles. The Hall–Kier alpha value is -1.46. The van der Waals surface area contributed by atoms with Gasteiger partial charge >= 0.3 is 0 Å². The van der Waals surface area contributed by atoms with E-state index in [1.165, 1.54) is 12.8 Å². The number of ether oxygens (including phenoxy) is 2. The molecule has 24 heavy (non-hydrogen) atoms. The van der Waals surface area contributed by atoms with E-state index in [0.717, 1.165) is 36.3 Å². The average molecular weight is 353 g/mol. The molecule has 2 fully saturated rings. The van der Waals surface area contributed by atoms with Crippen molar-refractivity contribution in [1.82, 2.24) is 5.32 Å². The van der Waals surface area contributed by atoms with E-state index >= 15 is 0 Å². The highest BCUT2D eigenvalue weighted by Gasteiger charge is 2.36. The van der Waals surface area contributed by atoms with Gasteiger partial charge in [0.05, 0.1) is 6.04 Å². The Labute approximate surface area is 148 Å². The fourth-order valence-electron chi connectivity index (χ4n) is 3.68. The lowest BCUT2D eigenvalue weighted by Gasteiger charge is -2.24. The number of halogens is 1. The summed E-state index contributed by atoms with van der Waals surface area (Å²) >= 11 is 0. The van der Waals surface area contributed by atoms with Crippen molar-refractivity contribution in [3.05, 3.63) is 23.8 Å². The number of nitrogens with one attached hydrogen (secondary N) is 1. The number of nitrogens with two attached hydrogens (primary N) is 1. The molecule has 3 N–H and O–H groups in total. The number of fused-ring (bicyclic) bond motifs is 1. The summed E-state index contributed by atoms with van der Waals surface area (Å²) in [4.78, 5) is 12.6. The van der Waals surface area contributed by atoms with Gasteiger partial charge in [0.1, 0.15) is 13.2 Å². The van der Waals surface area contributed by atoms with Gasteiger partial charge in [0.2, 0.25) is 5.91 Å². The van der Waals surface area contributed by atoms with Gasteiger partial charge in [-0.15, -0.1) is 12.4 Å². The predicted molar refractivity (Wildman–Crippen MR) is 93.6 cm³/mol. The van der Waals surface area contributed by atoms with Gasteiger partial charge in [-0.25, -0.2) is 0 Å². The van der Waals surface area contributed by atoms with E-state index in [-0.39, 0.29) is 36.3 Å². The zero-order chi connectivity index (χ0) is 15.8. The Balaban J connectivity index is 0.00000169. The van der Waals surface area contributed by atoms with Gasteiger partial charge in [-0.05, 0) is 55.7 Å². The molecule has 2 saturated carbocycles. The molecule has 1 aromatic carbocycles. The molecule has 1 heterocycles. The molecular formula is C18H25ClN2O3. The van der Waals surface area contributed by atoms with E-state index < -0.39 is 0 Å². The highest BCUT2D eigenvalue weighted by Crippen LogP contribution is 2.43. The highest BCUT2D eigenvalue weighted by molar-refractivity contribution is 5.85. The summed E-state index contributed by atoms with van der Waals surface area (Å²) in [7, 11) is 0. The van der Waals surface area contributed by atoms with Crippen LogP contribution in [0.3, 0.4) is 0 Å². The number of hydrogen-bond donors (Lipinski definition) is 2. The summed E-state index contributed by atoms with van der Waals surface area (Å²) in [5.41, 5.74) is 7.06. The van der Waals surface area contributed by atoms with Crippen molar-refractivity contribution in [2.75, 3.05) is 13.2 Å². The molecule has 0 spiro atoms. The van der Waals surface area contributed by atoms with Crippen LogP contribution in [0.15, 0.2) is 18.2 Å². The topological polar surface area (TPSA) is 73.6 Å². The van der Waals surface area contributed by atoms with Crippen molar-refractivity contribution in [3.63, 3.8) is 0 Å². The third-order valence-electron chi connectivity index (χ3n) is 5.16. The van der Waals surface area contributed by atoms with Gasteiger partial charge in [0, 0.05) is 12.0 Å². The Bertz CT molecular complexity index is 606. The molecular weight excluding hydrogens is 328 g/mol. The lowest BCUT2D eigenvalue weighted by atomic mass is 9.99. The summed E-state index contributed by atoms with van der Waals surface area (Å²) < 4.78 is 11.3. The van der Waals surface area contributed by atoms with Crippen LogP contribution in [0.2, 0.25) is 0 Å². The zero-order valence-corrected chi connectivity index (χ0v) is 14.5. The first-order valence-electron chi connectivity index (χ1n) is 8.66. The van der Waals surface area contributed by atoms with Crippen molar-refractivity contribution in [2.45, 2.75) is 44.2 Å². The molecule has 1 amide bonds. The standard InChI is InChI=1S/C18H24N2O3.ClH/c19-14-5-3-13(9-14)18(21)20-17(11-1-2-11)12-4-6-15-16(10-12)23-8-7-22-15;/h4,6,10-11,13-14,17H,1-3,5,7-9,19H2,(H,20,21);1H. The number of rotatable bonds is 4. The van der Waals surface area contributed by atoms with Crippen LogP contribution < -0.4 is 20.5 Å². The summed E-state index contributed by atoms with van der Waals surface area (Å²) in [5.74, 6) is 2.35. The second kappa shape index (κ2) is 7.19. The van der Waals surface area contributed by atoms with Crippen LogP contribution in [0, 0.1) is 11.8 Å². The molecule has 0 bridgehead atoms. The second-order valence-corrected chi connectivity index (χ2v) is 7.00. The minimum absolute atomic E-state index is 0. The maximum Gasteiger partial charge on any atom is 0.223 e. The molecule has 6 heteroatoms. The molecule has 0 radical (unpaired) electrons. The predicted octanol–water partition coefficient (Wildman–Crippen LogP) is 2.57. The first-order valence-corrected chi connectivity index (χ1v) is 8.66. The molecule has 3 unspecified atom stereocenters. The third-order valence-corrected chi connectivity index (χ3v) is 5.16. The fourth-order valence-corrected chi connectivity index (χ4v) is 3.68. The summed E-state index contributed by atoms with van der Waals surface area (Å²) in [6, 6.07) is 6.29. The normalized spacial score (nSPS) is 26.4. The van der Waals surface area contributed by atoms with Crippen LogP contribution in [-0.2, 0) is 4.79 Å². The van der Waals surface area contributed by atoms with E-state index in [2.05, 4.69) is 11.4 Å². The molecule has 4 rings (SSSR count). The van der Waals surface area contributed by atoms with E-state index in [1.54, 1.807) is 0 Å². The van der Waals surface area contributed by atoms with Crippen LogP contribution >= 0.6 is 12.4 Å². The lowest BCUT2D eigenvalue weighted by molar-refractivity contribution is -0.125. The quantitative estimate of drug-likeness (QED) is 0.873.